The molecule has 2 amide bonds. The van der Waals surface area contributed by atoms with E-state index in [1.807, 2.05) is 4.68 Å². The number of aromatic nitrogens is 3. The molecule has 17 heavy (non-hydrogen) atoms. The van der Waals surface area contributed by atoms with Gasteiger partial charge in [-0.3, -0.25) is 14.5 Å². The summed E-state index contributed by atoms with van der Waals surface area (Å²) in [5.41, 5.74) is 1.08. The minimum Gasteiger partial charge on any atom is -0.283 e. The van der Waals surface area contributed by atoms with E-state index in [1.165, 1.54) is 4.90 Å². The van der Waals surface area contributed by atoms with E-state index >= 15 is 0 Å². The lowest BCUT2D eigenvalue weighted by molar-refractivity contribution is -0.142. The molecule has 2 aliphatic heterocycles. The van der Waals surface area contributed by atoms with Crippen LogP contribution >= 0.6 is 0 Å². The Balaban J connectivity index is 1.68. The molecule has 90 valence electrons. The molecule has 1 fully saturated rings. The molecule has 0 radical (unpaired) electrons. The molecule has 0 N–H and O–H groups in total. The summed E-state index contributed by atoms with van der Waals surface area (Å²) < 4.78 is 1.82. The van der Waals surface area contributed by atoms with Crippen LogP contribution in [0.2, 0.25) is 0 Å². The summed E-state index contributed by atoms with van der Waals surface area (Å²) in [6.07, 6.45) is 5.24. The van der Waals surface area contributed by atoms with Crippen LogP contribution in [0.5, 0.6) is 0 Å². The van der Waals surface area contributed by atoms with E-state index in [2.05, 4.69) is 10.3 Å². The molecule has 1 aromatic heterocycles. The Morgan fingerprint density at radius 2 is 2.35 bits per heavy atom. The van der Waals surface area contributed by atoms with Crippen molar-refractivity contribution >= 4 is 11.8 Å². The first kappa shape index (κ1) is 10.4. The lowest BCUT2D eigenvalue weighted by atomic mass is 10.1. The molecule has 0 bridgehead atoms. The maximum Gasteiger partial charge on any atom is 0.231 e. The van der Waals surface area contributed by atoms with Gasteiger partial charge in [0.2, 0.25) is 11.8 Å². The molecule has 2 aliphatic rings. The van der Waals surface area contributed by atoms with Crippen LogP contribution in [0.3, 0.4) is 0 Å². The summed E-state index contributed by atoms with van der Waals surface area (Å²) in [6.45, 7) is 0.578. The lowest BCUT2D eigenvalue weighted by Crippen LogP contribution is -2.33. The maximum absolute atomic E-state index is 12.0. The van der Waals surface area contributed by atoms with Crippen LogP contribution in [-0.2, 0) is 16.0 Å². The van der Waals surface area contributed by atoms with Crippen LogP contribution in [0.4, 0.5) is 0 Å². The number of carbonyl (C=O) groups is 2. The maximum atomic E-state index is 12.0. The zero-order valence-electron chi connectivity index (χ0n) is 9.50. The molecule has 6 nitrogen and oxygen atoms in total. The second kappa shape index (κ2) is 3.94. The van der Waals surface area contributed by atoms with Gasteiger partial charge in [-0.05, 0) is 19.3 Å². The van der Waals surface area contributed by atoms with E-state index in [4.69, 9.17) is 0 Å². The number of amides is 2. The van der Waals surface area contributed by atoms with Crippen molar-refractivity contribution in [1.29, 1.82) is 0 Å². The van der Waals surface area contributed by atoms with Gasteiger partial charge >= 0.3 is 0 Å². The van der Waals surface area contributed by atoms with Crippen LogP contribution in [0, 0.1) is 0 Å². The third-order valence-corrected chi connectivity index (χ3v) is 3.51. The Morgan fingerprint density at radius 3 is 3.12 bits per heavy atom. The van der Waals surface area contributed by atoms with Gasteiger partial charge < -0.3 is 0 Å². The van der Waals surface area contributed by atoms with Crippen molar-refractivity contribution in [3.05, 3.63) is 11.9 Å². The van der Waals surface area contributed by atoms with Gasteiger partial charge in [-0.2, -0.15) is 0 Å². The van der Waals surface area contributed by atoms with Crippen molar-refractivity contribution in [2.24, 2.45) is 0 Å². The van der Waals surface area contributed by atoms with Crippen LogP contribution in [-0.4, -0.2) is 38.3 Å². The van der Waals surface area contributed by atoms with Crippen LogP contribution < -0.4 is 0 Å². The summed E-state index contributed by atoms with van der Waals surface area (Å²) in [4.78, 5) is 24.8. The predicted octanol–water partition coefficient (Wildman–Crippen LogP) is 0.304. The Bertz CT molecular complexity index is 468. The molecule has 1 saturated heterocycles. The van der Waals surface area contributed by atoms with Crippen LogP contribution in [0.25, 0.3) is 0 Å². The molecule has 0 saturated carbocycles. The number of aryl methyl sites for hydroxylation is 1. The predicted molar refractivity (Wildman–Crippen MR) is 58.0 cm³/mol. The van der Waals surface area contributed by atoms with E-state index in [1.54, 1.807) is 6.20 Å². The van der Waals surface area contributed by atoms with Crippen molar-refractivity contribution in [2.75, 3.05) is 6.54 Å². The van der Waals surface area contributed by atoms with Gasteiger partial charge in [-0.25, -0.2) is 4.68 Å². The van der Waals surface area contributed by atoms with E-state index in [-0.39, 0.29) is 17.9 Å². The molecule has 0 spiro atoms. The van der Waals surface area contributed by atoms with Gasteiger partial charge in [0.05, 0.1) is 17.9 Å². The van der Waals surface area contributed by atoms with Crippen LogP contribution in [0.15, 0.2) is 6.20 Å². The fourth-order valence-electron chi connectivity index (χ4n) is 2.60. The van der Waals surface area contributed by atoms with E-state index < -0.39 is 0 Å². The summed E-state index contributed by atoms with van der Waals surface area (Å²) in [5, 5.41) is 7.82. The number of fused-ring (bicyclic) bond motifs is 1. The molecule has 3 rings (SSSR count). The van der Waals surface area contributed by atoms with Crippen molar-refractivity contribution in [1.82, 2.24) is 19.9 Å². The molecular weight excluding hydrogens is 220 g/mol. The number of rotatable bonds is 2. The highest BCUT2D eigenvalue weighted by Gasteiger charge is 2.31. The molecule has 6 heteroatoms. The highest BCUT2D eigenvalue weighted by atomic mass is 16.2. The van der Waals surface area contributed by atoms with Gasteiger partial charge in [-0.15, -0.1) is 5.10 Å². The van der Waals surface area contributed by atoms with E-state index in [9.17, 15) is 9.59 Å². The second-order valence-corrected chi connectivity index (χ2v) is 4.61. The third-order valence-electron chi connectivity index (χ3n) is 3.51. The molecule has 0 aliphatic carbocycles. The Hall–Kier alpha value is -1.72. The Labute approximate surface area is 98.6 Å². The smallest absolute Gasteiger partial charge is 0.231 e. The fourth-order valence-corrected chi connectivity index (χ4v) is 2.60. The minimum atomic E-state index is -0.0687. The second-order valence-electron chi connectivity index (χ2n) is 4.61. The standard InChI is InChI=1S/C11H14N4O2/c16-10-2-1-5-14(10)11(17)6-8-3-4-9-7-12-13-15(8)9/h7-8H,1-6H2/t8-/m0/s1. The van der Waals surface area contributed by atoms with Gasteiger partial charge in [0.15, 0.2) is 0 Å². The number of nitrogens with zero attached hydrogens (tertiary/aromatic N) is 4. The molecular formula is C11H14N4O2. The highest BCUT2D eigenvalue weighted by molar-refractivity contribution is 5.96. The first-order valence-electron chi connectivity index (χ1n) is 5.98. The van der Waals surface area contributed by atoms with E-state index in [0.29, 0.717) is 19.4 Å². The van der Waals surface area contributed by atoms with Crippen molar-refractivity contribution in [2.45, 2.75) is 38.1 Å². The van der Waals surface area contributed by atoms with Crippen molar-refractivity contribution < 1.29 is 9.59 Å². The topological polar surface area (TPSA) is 68.1 Å². The summed E-state index contributed by atoms with van der Waals surface area (Å²) in [6, 6.07) is 0.0772. The zero-order chi connectivity index (χ0) is 11.8. The molecule has 1 atom stereocenters. The molecule has 0 unspecified atom stereocenters. The normalized spacial score (nSPS) is 23.2. The van der Waals surface area contributed by atoms with Crippen molar-refractivity contribution in [3.8, 4) is 0 Å². The third kappa shape index (κ3) is 1.73. The SMILES string of the molecule is O=C1CCCN1C(=O)C[C@@H]1CCc2cnnn21. The average Bonchev–Trinajstić information content (AvgIpc) is 2.96. The number of imide groups is 1. The summed E-state index contributed by atoms with van der Waals surface area (Å²) in [5.74, 6) is -0.104. The number of likely N-dealkylation sites (tertiary alicyclic amines) is 1. The van der Waals surface area contributed by atoms with Gasteiger partial charge in [0.1, 0.15) is 0 Å². The number of carbonyl (C=O) groups excluding carboxylic acids is 2. The highest BCUT2D eigenvalue weighted by Crippen LogP contribution is 2.27. The lowest BCUT2D eigenvalue weighted by Gasteiger charge is -2.16. The van der Waals surface area contributed by atoms with E-state index in [0.717, 1.165) is 25.0 Å². The summed E-state index contributed by atoms with van der Waals surface area (Å²) in [7, 11) is 0. The minimum absolute atomic E-state index is 0.0354. The fraction of sp³-hybridized carbons (Fsp3) is 0.636. The number of hydrogen-bond acceptors (Lipinski definition) is 4. The van der Waals surface area contributed by atoms with Crippen LogP contribution in [0.1, 0.15) is 37.4 Å². The zero-order valence-corrected chi connectivity index (χ0v) is 9.50. The molecule has 3 heterocycles. The first-order chi connectivity index (χ1) is 8.25. The Morgan fingerprint density at radius 1 is 1.47 bits per heavy atom. The largest absolute Gasteiger partial charge is 0.283 e. The van der Waals surface area contributed by atoms with Gasteiger partial charge in [-0.1, -0.05) is 5.21 Å². The number of hydrogen-bond donors (Lipinski definition) is 0. The average molecular weight is 234 g/mol. The first-order valence-corrected chi connectivity index (χ1v) is 5.98. The quantitative estimate of drug-likeness (QED) is 0.738. The Kier molecular flexibility index (Phi) is 2.42. The van der Waals surface area contributed by atoms with Gasteiger partial charge in [0, 0.05) is 19.4 Å². The van der Waals surface area contributed by atoms with Gasteiger partial charge in [0.25, 0.3) is 0 Å². The van der Waals surface area contributed by atoms with Crippen molar-refractivity contribution in [3.63, 3.8) is 0 Å². The molecule has 0 aromatic carbocycles. The molecule has 1 aromatic rings. The monoisotopic (exact) mass is 234 g/mol. The summed E-state index contributed by atoms with van der Waals surface area (Å²) >= 11 is 0.